The van der Waals surface area contributed by atoms with Crippen molar-refractivity contribution in [3.63, 3.8) is 0 Å². The second-order valence-corrected chi connectivity index (χ2v) is 9.59. The van der Waals surface area contributed by atoms with Gasteiger partial charge in [-0.25, -0.2) is 8.42 Å². The number of para-hydroxylation sites is 1. The minimum Gasteiger partial charge on any atom is -0.346 e. The summed E-state index contributed by atoms with van der Waals surface area (Å²) in [5.41, 5.74) is 2.25. The van der Waals surface area contributed by atoms with Gasteiger partial charge in [0.15, 0.2) is 9.84 Å². The molecule has 0 aromatic heterocycles. The van der Waals surface area contributed by atoms with Crippen LogP contribution in [0.15, 0.2) is 53.0 Å². The smallest absolute Gasteiger partial charge is 0.243 e. The van der Waals surface area contributed by atoms with Gasteiger partial charge in [-0.3, -0.25) is 9.59 Å². The van der Waals surface area contributed by atoms with Crippen molar-refractivity contribution in [1.29, 1.82) is 0 Å². The summed E-state index contributed by atoms with van der Waals surface area (Å²) in [5, 5.41) is 3.87. The van der Waals surface area contributed by atoms with Gasteiger partial charge in [-0.05, 0) is 42.7 Å². The number of carbonyl (C=O) groups is 2. The van der Waals surface area contributed by atoms with E-state index in [0.717, 1.165) is 16.5 Å². The van der Waals surface area contributed by atoms with Crippen LogP contribution in [0.1, 0.15) is 25.0 Å². The number of halogens is 1. The van der Waals surface area contributed by atoms with Crippen molar-refractivity contribution < 1.29 is 18.0 Å². The predicted octanol–water partition coefficient (Wildman–Crippen LogP) is 3.07. The average Bonchev–Trinajstić information content (AvgIpc) is 2.65. The number of benzene rings is 2. The fourth-order valence-corrected chi connectivity index (χ4v) is 4.35. The molecule has 1 unspecified atom stereocenters. The van der Waals surface area contributed by atoms with Crippen LogP contribution in [0.3, 0.4) is 0 Å². The predicted molar refractivity (Wildman–Crippen MR) is 114 cm³/mol. The molecule has 0 heterocycles. The van der Waals surface area contributed by atoms with Crippen LogP contribution in [0.4, 0.5) is 5.69 Å². The minimum absolute atomic E-state index is 0.253. The average molecular weight is 467 g/mol. The van der Waals surface area contributed by atoms with Gasteiger partial charge in [-0.2, -0.15) is 0 Å². The maximum Gasteiger partial charge on any atom is 0.243 e. The molecule has 0 spiro atoms. The van der Waals surface area contributed by atoms with E-state index in [-0.39, 0.29) is 12.3 Å². The molecular formula is C20H23BrN2O4S. The van der Waals surface area contributed by atoms with Crippen molar-refractivity contribution in [2.24, 2.45) is 0 Å². The summed E-state index contributed by atoms with van der Waals surface area (Å²) < 4.78 is 25.8. The van der Waals surface area contributed by atoms with Gasteiger partial charge in [0, 0.05) is 10.2 Å². The van der Waals surface area contributed by atoms with Crippen LogP contribution >= 0.6 is 15.9 Å². The summed E-state index contributed by atoms with van der Waals surface area (Å²) >= 11 is 3.30. The Bertz CT molecular complexity index is 960. The van der Waals surface area contributed by atoms with Crippen LogP contribution in [0, 0.1) is 0 Å². The number of hydrogen-bond acceptors (Lipinski definition) is 4. The Hall–Kier alpha value is -2.19. The highest BCUT2D eigenvalue weighted by molar-refractivity contribution is 9.10. The highest BCUT2D eigenvalue weighted by Crippen LogP contribution is 2.17. The van der Waals surface area contributed by atoms with Crippen molar-refractivity contribution in [2.75, 3.05) is 11.9 Å². The molecule has 6 nitrogen and oxygen atoms in total. The zero-order valence-corrected chi connectivity index (χ0v) is 18.1. The number of aryl methyl sites for hydroxylation is 1. The quantitative estimate of drug-likeness (QED) is 0.624. The standard InChI is InChI=1S/C20H23BrN2O4S/c1-3-16-8-4-5-10-18(16)23-19(24)12-22-20(25)14(2)28(26,27)13-15-7-6-9-17(21)11-15/h4-11,14H,3,12-13H2,1-2H3,(H,22,25)(H,23,24). The van der Waals surface area contributed by atoms with Crippen LogP contribution in [-0.2, 0) is 31.6 Å². The molecule has 1 atom stereocenters. The highest BCUT2D eigenvalue weighted by atomic mass is 79.9. The second-order valence-electron chi connectivity index (χ2n) is 6.36. The molecule has 0 aliphatic carbocycles. The summed E-state index contributed by atoms with van der Waals surface area (Å²) in [5.74, 6) is -1.36. The fraction of sp³-hybridized carbons (Fsp3) is 0.300. The van der Waals surface area contributed by atoms with E-state index in [9.17, 15) is 18.0 Å². The van der Waals surface area contributed by atoms with Crippen molar-refractivity contribution in [1.82, 2.24) is 5.32 Å². The number of sulfone groups is 1. The second kappa shape index (κ2) is 9.84. The Morgan fingerprint density at radius 1 is 1.11 bits per heavy atom. The van der Waals surface area contributed by atoms with Crippen LogP contribution < -0.4 is 10.6 Å². The fourth-order valence-electron chi connectivity index (χ4n) is 2.60. The first-order valence-electron chi connectivity index (χ1n) is 8.84. The largest absolute Gasteiger partial charge is 0.346 e. The summed E-state index contributed by atoms with van der Waals surface area (Å²) in [7, 11) is -3.71. The third-order valence-electron chi connectivity index (χ3n) is 4.26. The molecule has 0 aliphatic heterocycles. The SMILES string of the molecule is CCc1ccccc1NC(=O)CNC(=O)C(C)S(=O)(=O)Cc1cccc(Br)c1. The molecule has 2 amide bonds. The van der Waals surface area contributed by atoms with Gasteiger partial charge >= 0.3 is 0 Å². The molecule has 0 bridgehead atoms. The lowest BCUT2D eigenvalue weighted by molar-refractivity contribution is -0.123. The Balaban J connectivity index is 1.93. The highest BCUT2D eigenvalue weighted by Gasteiger charge is 2.28. The lowest BCUT2D eigenvalue weighted by Gasteiger charge is -2.14. The molecule has 2 rings (SSSR count). The Morgan fingerprint density at radius 3 is 2.50 bits per heavy atom. The third kappa shape index (κ3) is 6.17. The maximum atomic E-state index is 12.5. The number of anilines is 1. The van der Waals surface area contributed by atoms with E-state index in [4.69, 9.17) is 0 Å². The third-order valence-corrected chi connectivity index (χ3v) is 6.78. The molecule has 0 saturated carbocycles. The number of rotatable bonds is 8. The van der Waals surface area contributed by atoms with Crippen LogP contribution in [0.2, 0.25) is 0 Å². The lowest BCUT2D eigenvalue weighted by atomic mass is 10.1. The van der Waals surface area contributed by atoms with Gasteiger partial charge < -0.3 is 10.6 Å². The molecule has 0 aliphatic rings. The van der Waals surface area contributed by atoms with Crippen LogP contribution in [-0.4, -0.2) is 32.0 Å². The van der Waals surface area contributed by atoms with Crippen molar-refractivity contribution >= 4 is 43.3 Å². The van der Waals surface area contributed by atoms with Gasteiger partial charge in [-0.1, -0.05) is 53.2 Å². The number of carbonyl (C=O) groups excluding carboxylic acids is 2. The van der Waals surface area contributed by atoms with E-state index in [1.807, 2.05) is 25.1 Å². The summed E-state index contributed by atoms with van der Waals surface area (Å²) in [4.78, 5) is 24.4. The van der Waals surface area contributed by atoms with E-state index in [1.54, 1.807) is 30.3 Å². The molecule has 2 aromatic rings. The molecule has 150 valence electrons. The first-order valence-corrected chi connectivity index (χ1v) is 11.3. The molecule has 2 N–H and O–H groups in total. The zero-order chi connectivity index (χ0) is 20.7. The van der Waals surface area contributed by atoms with Crippen molar-refractivity contribution in [3.8, 4) is 0 Å². The molecule has 28 heavy (non-hydrogen) atoms. The summed E-state index contributed by atoms with van der Waals surface area (Å²) in [6.07, 6.45) is 0.758. The summed E-state index contributed by atoms with van der Waals surface area (Å²) in [6.45, 7) is 3.01. The molecule has 0 fully saturated rings. The normalized spacial score (nSPS) is 12.2. The Morgan fingerprint density at radius 2 is 1.82 bits per heavy atom. The zero-order valence-electron chi connectivity index (χ0n) is 15.7. The van der Waals surface area contributed by atoms with Gasteiger partial charge in [0.25, 0.3) is 0 Å². The van der Waals surface area contributed by atoms with Crippen LogP contribution in [0.25, 0.3) is 0 Å². The van der Waals surface area contributed by atoms with Gasteiger partial charge in [0.1, 0.15) is 5.25 Å². The van der Waals surface area contributed by atoms with Crippen molar-refractivity contribution in [2.45, 2.75) is 31.3 Å². The van der Waals surface area contributed by atoms with Gasteiger partial charge in [0.2, 0.25) is 11.8 Å². The van der Waals surface area contributed by atoms with Gasteiger partial charge in [-0.15, -0.1) is 0 Å². The molecule has 8 heteroatoms. The number of amides is 2. The van der Waals surface area contributed by atoms with E-state index >= 15 is 0 Å². The van der Waals surface area contributed by atoms with Crippen molar-refractivity contribution in [3.05, 3.63) is 64.1 Å². The number of nitrogens with one attached hydrogen (secondary N) is 2. The number of hydrogen-bond donors (Lipinski definition) is 2. The minimum atomic E-state index is -3.71. The lowest BCUT2D eigenvalue weighted by Crippen LogP contribution is -2.41. The van der Waals surface area contributed by atoms with Gasteiger partial charge in [0.05, 0.1) is 12.3 Å². The van der Waals surface area contributed by atoms with E-state index in [2.05, 4.69) is 26.6 Å². The van der Waals surface area contributed by atoms with E-state index in [0.29, 0.717) is 11.3 Å². The molecular weight excluding hydrogens is 444 g/mol. The Labute approximate surface area is 173 Å². The molecule has 2 aromatic carbocycles. The monoisotopic (exact) mass is 466 g/mol. The van der Waals surface area contributed by atoms with Crippen LogP contribution in [0.5, 0.6) is 0 Å². The first kappa shape index (κ1) is 22.1. The first-order chi connectivity index (χ1) is 13.2. The van der Waals surface area contributed by atoms with E-state index in [1.165, 1.54) is 6.92 Å². The maximum absolute atomic E-state index is 12.5. The molecule has 0 saturated heterocycles. The summed E-state index contributed by atoms with van der Waals surface area (Å²) in [6, 6.07) is 14.3. The van der Waals surface area contributed by atoms with E-state index < -0.39 is 26.9 Å². The Kier molecular flexibility index (Phi) is 7.77. The topological polar surface area (TPSA) is 92.3 Å². The molecule has 0 radical (unpaired) electrons.